The van der Waals surface area contributed by atoms with Crippen LogP contribution in [-0.4, -0.2) is 21.7 Å². The van der Waals surface area contributed by atoms with E-state index in [0.29, 0.717) is 0 Å². The number of nitrogens with zero attached hydrogens (tertiary/aromatic N) is 1. The molecule has 1 aromatic rings. The molecule has 1 N–H and O–H groups in total. The van der Waals surface area contributed by atoms with Gasteiger partial charge in [0.15, 0.2) is 0 Å². The molecule has 0 amide bonds. The van der Waals surface area contributed by atoms with Gasteiger partial charge in [-0.3, -0.25) is 5.01 Å². The van der Waals surface area contributed by atoms with Crippen LogP contribution < -0.4 is 9.84 Å². The van der Waals surface area contributed by atoms with Gasteiger partial charge in [-0.15, -0.1) is 4.83 Å². The van der Waals surface area contributed by atoms with Gasteiger partial charge in [0.2, 0.25) is 10.0 Å². The third-order valence-corrected chi connectivity index (χ3v) is 2.05. The van der Waals surface area contributed by atoms with Crippen LogP contribution in [0.5, 0.6) is 0 Å². The maximum atomic E-state index is 10.9. The summed E-state index contributed by atoms with van der Waals surface area (Å²) in [5.74, 6) is 0. The fraction of sp³-hybridized carbons (Fsp3) is 0.250. The zero-order valence-corrected chi connectivity index (χ0v) is 8.38. The molecule has 0 fully saturated rings. The van der Waals surface area contributed by atoms with Crippen LogP contribution in [-0.2, 0) is 10.0 Å². The van der Waals surface area contributed by atoms with Crippen molar-refractivity contribution in [2.45, 2.75) is 0 Å². The van der Waals surface area contributed by atoms with E-state index in [1.165, 1.54) is 5.01 Å². The van der Waals surface area contributed by atoms with Crippen molar-refractivity contribution >= 4 is 15.7 Å². The van der Waals surface area contributed by atoms with Crippen LogP contribution in [0.25, 0.3) is 0 Å². The van der Waals surface area contributed by atoms with Gasteiger partial charge < -0.3 is 0 Å². The van der Waals surface area contributed by atoms with E-state index in [1.54, 1.807) is 7.05 Å². The lowest BCUT2D eigenvalue weighted by Gasteiger charge is -2.18. The molecule has 0 spiro atoms. The average Bonchev–Trinajstić information content (AvgIpc) is 2.03. The molecule has 0 aliphatic carbocycles. The van der Waals surface area contributed by atoms with Crippen molar-refractivity contribution in [3.05, 3.63) is 30.3 Å². The van der Waals surface area contributed by atoms with Gasteiger partial charge in [-0.1, -0.05) is 18.2 Å². The van der Waals surface area contributed by atoms with Crippen molar-refractivity contribution in [1.29, 1.82) is 0 Å². The highest BCUT2D eigenvalue weighted by molar-refractivity contribution is 7.88. The van der Waals surface area contributed by atoms with Crippen LogP contribution in [0.1, 0.15) is 0 Å². The minimum Gasteiger partial charge on any atom is -0.298 e. The van der Waals surface area contributed by atoms with E-state index in [1.807, 2.05) is 30.3 Å². The average molecular weight is 200 g/mol. The van der Waals surface area contributed by atoms with Gasteiger partial charge in [0.05, 0.1) is 11.9 Å². The molecule has 0 heterocycles. The number of anilines is 1. The van der Waals surface area contributed by atoms with Crippen LogP contribution >= 0.6 is 0 Å². The van der Waals surface area contributed by atoms with Gasteiger partial charge in [-0.2, -0.15) is 0 Å². The van der Waals surface area contributed by atoms with Crippen molar-refractivity contribution in [1.82, 2.24) is 4.83 Å². The van der Waals surface area contributed by atoms with Crippen molar-refractivity contribution in [3.63, 3.8) is 0 Å². The van der Waals surface area contributed by atoms with E-state index in [4.69, 9.17) is 0 Å². The molecule has 0 aromatic heterocycles. The smallest absolute Gasteiger partial charge is 0.225 e. The van der Waals surface area contributed by atoms with E-state index in [-0.39, 0.29) is 0 Å². The molecule has 0 aliphatic heterocycles. The molecule has 0 bridgehead atoms. The number of rotatable bonds is 3. The Balaban J connectivity index is 2.76. The number of hydrogen-bond donors (Lipinski definition) is 1. The number of hydrogen-bond acceptors (Lipinski definition) is 3. The number of nitrogens with one attached hydrogen (secondary N) is 1. The normalized spacial score (nSPS) is 11.2. The number of sulfonamides is 1. The van der Waals surface area contributed by atoms with Gasteiger partial charge in [0.25, 0.3) is 0 Å². The van der Waals surface area contributed by atoms with Gasteiger partial charge in [0, 0.05) is 7.05 Å². The van der Waals surface area contributed by atoms with Gasteiger partial charge in [-0.05, 0) is 12.1 Å². The second-order valence-corrected chi connectivity index (χ2v) is 4.48. The topological polar surface area (TPSA) is 49.4 Å². The molecule has 72 valence electrons. The van der Waals surface area contributed by atoms with E-state index < -0.39 is 10.0 Å². The third kappa shape index (κ3) is 3.43. The lowest BCUT2D eigenvalue weighted by molar-refractivity contribution is 0.587. The van der Waals surface area contributed by atoms with Crippen molar-refractivity contribution in [3.8, 4) is 0 Å². The van der Waals surface area contributed by atoms with Gasteiger partial charge in [-0.25, -0.2) is 8.42 Å². The Morgan fingerprint density at radius 3 is 2.23 bits per heavy atom. The lowest BCUT2D eigenvalue weighted by atomic mass is 10.3. The predicted molar refractivity (Wildman–Crippen MR) is 52.8 cm³/mol. The largest absolute Gasteiger partial charge is 0.298 e. The molecule has 0 unspecified atom stereocenters. The SMILES string of the molecule is CN(NS(C)(=O)=O)c1ccccc1. The van der Waals surface area contributed by atoms with Crippen molar-refractivity contribution in [2.75, 3.05) is 18.3 Å². The highest BCUT2D eigenvalue weighted by Gasteiger charge is 2.05. The summed E-state index contributed by atoms with van der Waals surface area (Å²) in [4.78, 5) is 2.34. The van der Waals surface area contributed by atoms with Crippen LogP contribution in [0.4, 0.5) is 5.69 Å². The second-order valence-electron chi connectivity index (χ2n) is 2.76. The first-order valence-electron chi connectivity index (χ1n) is 3.75. The summed E-state index contributed by atoms with van der Waals surface area (Å²) < 4.78 is 21.7. The second kappa shape index (κ2) is 3.76. The fourth-order valence-electron chi connectivity index (χ4n) is 0.953. The molecule has 1 aromatic carbocycles. The minimum atomic E-state index is -3.20. The zero-order valence-electron chi connectivity index (χ0n) is 7.56. The fourth-order valence-corrected chi connectivity index (χ4v) is 1.56. The Morgan fingerprint density at radius 1 is 1.23 bits per heavy atom. The van der Waals surface area contributed by atoms with Crippen LogP contribution in [0.15, 0.2) is 30.3 Å². The molecule has 13 heavy (non-hydrogen) atoms. The van der Waals surface area contributed by atoms with Crippen molar-refractivity contribution < 1.29 is 8.42 Å². The van der Waals surface area contributed by atoms with Gasteiger partial charge in [0.1, 0.15) is 0 Å². The Morgan fingerprint density at radius 2 is 1.77 bits per heavy atom. The molecule has 0 saturated heterocycles. The Bertz CT molecular complexity index is 361. The first-order valence-corrected chi connectivity index (χ1v) is 5.64. The van der Waals surface area contributed by atoms with Crippen molar-refractivity contribution in [2.24, 2.45) is 0 Å². The molecular formula is C8H12N2O2S. The molecule has 5 heteroatoms. The zero-order chi connectivity index (χ0) is 9.90. The maximum Gasteiger partial charge on any atom is 0.225 e. The standard InChI is InChI=1S/C8H12N2O2S/c1-10(9-13(2,11)12)8-6-4-3-5-7-8/h3-7,9H,1-2H3. The molecule has 4 nitrogen and oxygen atoms in total. The molecular weight excluding hydrogens is 188 g/mol. The molecule has 1 rings (SSSR count). The summed E-state index contributed by atoms with van der Waals surface area (Å²) >= 11 is 0. The van der Waals surface area contributed by atoms with E-state index in [0.717, 1.165) is 11.9 Å². The predicted octanol–water partition coefficient (Wildman–Crippen LogP) is 0.587. The summed E-state index contributed by atoms with van der Waals surface area (Å²) in [5, 5.41) is 1.45. The summed E-state index contributed by atoms with van der Waals surface area (Å²) in [7, 11) is -1.55. The van der Waals surface area contributed by atoms with E-state index in [9.17, 15) is 8.42 Å². The number of hydrazine groups is 1. The highest BCUT2D eigenvalue weighted by Crippen LogP contribution is 2.08. The highest BCUT2D eigenvalue weighted by atomic mass is 32.2. The molecule has 0 saturated carbocycles. The Kier molecular flexibility index (Phi) is 2.90. The molecule has 0 aliphatic rings. The summed E-state index contributed by atoms with van der Waals surface area (Å²) in [5.41, 5.74) is 0.799. The van der Waals surface area contributed by atoms with Crippen LogP contribution in [0.3, 0.4) is 0 Å². The van der Waals surface area contributed by atoms with Crippen LogP contribution in [0.2, 0.25) is 0 Å². The first-order chi connectivity index (χ1) is 5.99. The first kappa shape index (κ1) is 10.0. The van der Waals surface area contributed by atoms with E-state index >= 15 is 0 Å². The summed E-state index contributed by atoms with van der Waals surface area (Å²) in [6.07, 6.45) is 1.12. The Hall–Kier alpha value is -1.07. The summed E-state index contributed by atoms with van der Waals surface area (Å²) in [6, 6.07) is 9.19. The molecule has 0 atom stereocenters. The number of benzene rings is 1. The Labute approximate surface area is 78.2 Å². The molecule has 0 radical (unpaired) electrons. The van der Waals surface area contributed by atoms with E-state index in [2.05, 4.69) is 4.83 Å². The summed E-state index contributed by atoms with van der Waals surface area (Å²) in [6.45, 7) is 0. The maximum absolute atomic E-state index is 10.9. The quantitative estimate of drug-likeness (QED) is 0.726. The lowest BCUT2D eigenvalue weighted by Crippen LogP contribution is -2.38. The number of para-hydroxylation sites is 1. The monoisotopic (exact) mass is 200 g/mol. The van der Waals surface area contributed by atoms with Gasteiger partial charge >= 0.3 is 0 Å². The minimum absolute atomic E-state index is 0.799. The van der Waals surface area contributed by atoms with Crippen LogP contribution in [0, 0.1) is 0 Å². The third-order valence-electron chi connectivity index (χ3n) is 1.45.